The van der Waals surface area contributed by atoms with Crippen LogP contribution in [0.2, 0.25) is 0 Å². The Hall–Kier alpha value is -2.85. The predicted octanol–water partition coefficient (Wildman–Crippen LogP) is -0.378. The molecule has 0 unspecified atom stereocenters. The van der Waals surface area contributed by atoms with E-state index in [4.69, 9.17) is 14.2 Å². The lowest BCUT2D eigenvalue weighted by Crippen LogP contribution is -2.64. The molecule has 2 heterocycles. The quantitative estimate of drug-likeness (QED) is 0.588. The van der Waals surface area contributed by atoms with E-state index in [1.807, 2.05) is 12.1 Å². The van der Waals surface area contributed by atoms with Crippen molar-refractivity contribution in [2.45, 2.75) is 18.5 Å². The average molecular weight is 434 g/mol. The summed E-state index contributed by atoms with van der Waals surface area (Å²) < 4.78 is 15.4. The smallest absolute Gasteiger partial charge is 0.328 e. The molecule has 0 saturated carbocycles. The number of carbonyl (C=O) groups is 3. The van der Waals surface area contributed by atoms with E-state index in [-0.39, 0.29) is 12.5 Å². The Bertz CT molecular complexity index is 766. The summed E-state index contributed by atoms with van der Waals surface area (Å²) in [4.78, 5) is 41.7. The third kappa shape index (κ3) is 5.86. The summed E-state index contributed by atoms with van der Waals surface area (Å²) in [5.74, 6) is -0.232. The third-order valence-electron chi connectivity index (χ3n) is 5.47. The van der Waals surface area contributed by atoms with E-state index in [1.54, 1.807) is 29.0 Å². The van der Waals surface area contributed by atoms with Crippen LogP contribution in [0.25, 0.3) is 0 Å². The lowest BCUT2D eigenvalue weighted by molar-refractivity contribution is -0.145. The van der Waals surface area contributed by atoms with Crippen LogP contribution in [0.15, 0.2) is 24.3 Å². The van der Waals surface area contributed by atoms with Gasteiger partial charge in [-0.25, -0.2) is 9.59 Å². The molecule has 31 heavy (non-hydrogen) atoms. The second-order valence-electron chi connectivity index (χ2n) is 7.43. The topological polar surface area (TPSA) is 109 Å². The summed E-state index contributed by atoms with van der Waals surface area (Å²) in [5, 5.41) is 5.93. The van der Waals surface area contributed by atoms with Crippen molar-refractivity contribution in [1.29, 1.82) is 0 Å². The van der Waals surface area contributed by atoms with Crippen LogP contribution in [0.3, 0.4) is 0 Å². The maximum absolute atomic E-state index is 13.1. The summed E-state index contributed by atoms with van der Waals surface area (Å²) in [6, 6.07) is 5.47. The zero-order valence-electron chi connectivity index (χ0n) is 18.0. The molecule has 2 N–H and O–H groups in total. The first-order valence-electron chi connectivity index (χ1n) is 10.4. The molecule has 0 bridgehead atoms. The van der Waals surface area contributed by atoms with Gasteiger partial charge in [-0.1, -0.05) is 12.1 Å². The fraction of sp³-hybridized carbons (Fsp3) is 0.571. The number of rotatable bonds is 6. The number of piperazine rings is 1. The van der Waals surface area contributed by atoms with Crippen LogP contribution in [0, 0.1) is 0 Å². The number of nitrogens with one attached hydrogen (secondary N) is 2. The highest BCUT2D eigenvalue weighted by Gasteiger charge is 2.36. The molecular weight excluding hydrogens is 404 g/mol. The minimum Gasteiger partial charge on any atom is -0.497 e. The van der Waals surface area contributed by atoms with Crippen molar-refractivity contribution in [3.63, 3.8) is 0 Å². The van der Waals surface area contributed by atoms with E-state index in [2.05, 4.69) is 10.6 Å². The van der Waals surface area contributed by atoms with E-state index in [0.717, 1.165) is 5.56 Å². The second-order valence-corrected chi connectivity index (χ2v) is 7.43. The van der Waals surface area contributed by atoms with Gasteiger partial charge in [0.05, 0.1) is 27.4 Å². The first-order valence-corrected chi connectivity index (χ1v) is 10.4. The van der Waals surface area contributed by atoms with E-state index in [9.17, 15) is 14.4 Å². The normalized spacial score (nSPS) is 20.0. The van der Waals surface area contributed by atoms with E-state index >= 15 is 0 Å². The van der Waals surface area contributed by atoms with Gasteiger partial charge in [0.2, 0.25) is 5.91 Å². The molecule has 10 heteroatoms. The highest BCUT2D eigenvalue weighted by atomic mass is 16.5. The van der Waals surface area contributed by atoms with Crippen LogP contribution in [0.1, 0.15) is 5.56 Å². The summed E-state index contributed by atoms with van der Waals surface area (Å²) in [7, 11) is 2.86. The molecule has 2 atom stereocenters. The van der Waals surface area contributed by atoms with Gasteiger partial charge < -0.3 is 34.6 Å². The summed E-state index contributed by atoms with van der Waals surface area (Å²) >= 11 is 0. The molecule has 2 aliphatic rings. The van der Waals surface area contributed by atoms with Gasteiger partial charge in [0.15, 0.2) is 0 Å². The Balaban J connectivity index is 1.69. The Morgan fingerprint density at radius 1 is 1.16 bits per heavy atom. The largest absolute Gasteiger partial charge is 0.497 e. The van der Waals surface area contributed by atoms with Gasteiger partial charge in [-0.05, 0) is 17.7 Å². The van der Waals surface area contributed by atoms with Gasteiger partial charge in [-0.3, -0.25) is 4.79 Å². The van der Waals surface area contributed by atoms with Crippen LogP contribution in [0.5, 0.6) is 5.75 Å². The van der Waals surface area contributed by atoms with Crippen LogP contribution in [-0.4, -0.2) is 99.9 Å². The Morgan fingerprint density at radius 3 is 2.52 bits per heavy atom. The molecule has 2 aliphatic heterocycles. The van der Waals surface area contributed by atoms with Gasteiger partial charge in [0, 0.05) is 39.1 Å². The minimum atomic E-state index is -0.867. The number of esters is 1. The number of methoxy groups -OCH3 is 2. The van der Waals surface area contributed by atoms with Crippen LogP contribution < -0.4 is 15.4 Å². The molecule has 0 aromatic heterocycles. The van der Waals surface area contributed by atoms with Crippen molar-refractivity contribution in [1.82, 2.24) is 20.4 Å². The van der Waals surface area contributed by atoms with Crippen molar-refractivity contribution < 1.29 is 28.6 Å². The highest BCUT2D eigenvalue weighted by molar-refractivity contribution is 5.91. The lowest BCUT2D eigenvalue weighted by atomic mass is 10.0. The summed E-state index contributed by atoms with van der Waals surface area (Å²) in [5.41, 5.74) is 0.847. The van der Waals surface area contributed by atoms with Crippen molar-refractivity contribution in [2.24, 2.45) is 0 Å². The monoisotopic (exact) mass is 434 g/mol. The first kappa shape index (κ1) is 22.8. The van der Waals surface area contributed by atoms with Crippen LogP contribution >= 0.6 is 0 Å². The third-order valence-corrected chi connectivity index (χ3v) is 5.47. The highest BCUT2D eigenvalue weighted by Crippen LogP contribution is 2.14. The maximum Gasteiger partial charge on any atom is 0.328 e. The number of morpholine rings is 1. The fourth-order valence-corrected chi connectivity index (χ4v) is 3.70. The van der Waals surface area contributed by atoms with E-state index in [1.165, 1.54) is 7.11 Å². The van der Waals surface area contributed by atoms with Crippen molar-refractivity contribution >= 4 is 17.9 Å². The Morgan fingerprint density at radius 2 is 1.87 bits per heavy atom. The average Bonchev–Trinajstić information content (AvgIpc) is 2.83. The molecule has 1 aromatic rings. The number of hydrogen-bond donors (Lipinski definition) is 2. The molecule has 2 fully saturated rings. The molecule has 3 rings (SSSR count). The van der Waals surface area contributed by atoms with Crippen LogP contribution in [-0.2, 0) is 25.5 Å². The first-order chi connectivity index (χ1) is 15.0. The molecule has 0 radical (unpaired) electrons. The molecule has 1 aromatic carbocycles. The fourth-order valence-electron chi connectivity index (χ4n) is 3.70. The van der Waals surface area contributed by atoms with E-state index in [0.29, 0.717) is 51.7 Å². The zero-order valence-corrected chi connectivity index (χ0v) is 18.0. The number of ether oxygens (including phenoxy) is 3. The number of urea groups is 1. The number of hydrogen-bond acceptors (Lipinski definition) is 7. The number of carbonyl (C=O) groups excluding carboxylic acids is 3. The number of nitrogens with zero attached hydrogens (tertiary/aromatic N) is 2. The molecule has 3 amide bonds. The molecule has 0 aliphatic carbocycles. The molecular formula is C21H30N4O6. The van der Waals surface area contributed by atoms with Gasteiger partial charge in [0.25, 0.3) is 0 Å². The number of benzene rings is 1. The Labute approximate surface area is 181 Å². The minimum absolute atomic E-state index is 0.185. The molecule has 2 saturated heterocycles. The van der Waals surface area contributed by atoms with Gasteiger partial charge >= 0.3 is 12.0 Å². The zero-order chi connectivity index (χ0) is 22.2. The molecule has 170 valence electrons. The van der Waals surface area contributed by atoms with Crippen molar-refractivity contribution in [3.05, 3.63) is 29.8 Å². The second kappa shape index (κ2) is 11.0. The SMILES string of the molecule is COC(=O)[C@H](Cc1ccc(OC)cc1)NC(=O)[C@@H]1CNCCN1C(=O)N1CCOCC1. The number of amides is 3. The summed E-state index contributed by atoms with van der Waals surface area (Å²) in [6.07, 6.45) is 0.264. The lowest BCUT2D eigenvalue weighted by Gasteiger charge is -2.39. The van der Waals surface area contributed by atoms with Crippen molar-refractivity contribution in [3.8, 4) is 5.75 Å². The van der Waals surface area contributed by atoms with E-state index < -0.39 is 24.0 Å². The summed E-state index contributed by atoms with van der Waals surface area (Å²) in [6.45, 7) is 3.31. The van der Waals surface area contributed by atoms with Crippen LogP contribution in [0.4, 0.5) is 4.79 Å². The van der Waals surface area contributed by atoms with Gasteiger partial charge in [-0.2, -0.15) is 0 Å². The van der Waals surface area contributed by atoms with Gasteiger partial charge in [-0.15, -0.1) is 0 Å². The predicted molar refractivity (Wildman–Crippen MR) is 112 cm³/mol. The maximum atomic E-state index is 13.1. The standard InChI is InChI=1S/C21H30N4O6/c1-29-16-5-3-15(4-6-16)13-17(20(27)30-2)23-19(26)18-14-22-7-8-25(18)21(28)24-9-11-31-12-10-24/h3-6,17-18,22H,7-14H2,1-2H3,(H,23,26)/t17-,18-/m0/s1. The Kier molecular flexibility index (Phi) is 8.07. The molecule has 10 nitrogen and oxygen atoms in total. The molecule has 0 spiro atoms. The van der Waals surface area contributed by atoms with Gasteiger partial charge in [0.1, 0.15) is 17.8 Å². The van der Waals surface area contributed by atoms with Crippen molar-refractivity contribution in [2.75, 3.05) is 60.2 Å².